The summed E-state index contributed by atoms with van der Waals surface area (Å²) in [6, 6.07) is 6.05. The molecule has 1 aliphatic carbocycles. The average Bonchev–Trinajstić information content (AvgIpc) is 2.74. The van der Waals surface area contributed by atoms with Gasteiger partial charge in [-0.3, -0.25) is 10.6 Å². The average molecular weight is 451 g/mol. The van der Waals surface area contributed by atoms with Gasteiger partial charge in [0.2, 0.25) is 0 Å². The number of anilines is 2. The molecule has 0 saturated heterocycles. The molecule has 2 aromatic rings. The molecule has 0 radical (unpaired) electrons. The molecule has 4 amide bonds. The van der Waals surface area contributed by atoms with Crippen molar-refractivity contribution >= 4 is 46.9 Å². The first-order valence-corrected chi connectivity index (χ1v) is 10.6. The van der Waals surface area contributed by atoms with Crippen LogP contribution in [0.2, 0.25) is 10.0 Å². The Hall–Kier alpha value is -2.58. The number of carbonyl (C=O) groups excluding carboxylic acids is 2. The molecule has 2 heterocycles. The molecule has 1 fully saturated rings. The zero-order chi connectivity index (χ0) is 21.3. The van der Waals surface area contributed by atoms with Crippen molar-refractivity contribution in [2.45, 2.75) is 25.7 Å². The summed E-state index contributed by atoms with van der Waals surface area (Å²) in [5.41, 5.74) is 0. The minimum atomic E-state index is -0.292. The molecule has 0 bridgehead atoms. The van der Waals surface area contributed by atoms with Crippen molar-refractivity contribution < 1.29 is 9.59 Å². The van der Waals surface area contributed by atoms with Crippen molar-refractivity contribution in [3.8, 4) is 0 Å². The summed E-state index contributed by atoms with van der Waals surface area (Å²) in [5, 5.41) is 12.2. The van der Waals surface area contributed by atoms with E-state index < -0.39 is 0 Å². The highest BCUT2D eigenvalue weighted by molar-refractivity contribution is 6.30. The third-order valence-electron chi connectivity index (χ3n) is 4.93. The minimum absolute atomic E-state index is 0.292. The number of nitrogens with one attached hydrogen (secondary N) is 4. The van der Waals surface area contributed by atoms with Crippen LogP contribution in [0.3, 0.4) is 0 Å². The largest absolute Gasteiger partial charge is 0.338 e. The zero-order valence-electron chi connectivity index (χ0n) is 16.3. The van der Waals surface area contributed by atoms with Gasteiger partial charge in [-0.15, -0.1) is 0 Å². The highest BCUT2D eigenvalue weighted by Gasteiger charge is 2.23. The van der Waals surface area contributed by atoms with Gasteiger partial charge in [0.25, 0.3) is 0 Å². The van der Waals surface area contributed by atoms with Gasteiger partial charge >= 0.3 is 12.1 Å². The summed E-state index contributed by atoms with van der Waals surface area (Å²) in [4.78, 5) is 32.2. The van der Waals surface area contributed by atoms with E-state index in [-0.39, 0.29) is 12.1 Å². The molecule has 0 unspecified atom stereocenters. The number of carbonyl (C=O) groups is 2. The number of hydrogen-bond donors (Lipinski definition) is 4. The Balaban J connectivity index is 1.36. The molecule has 0 aliphatic heterocycles. The predicted molar refractivity (Wildman–Crippen MR) is 118 cm³/mol. The molecule has 2 atom stereocenters. The Bertz CT molecular complexity index is 778. The lowest BCUT2D eigenvalue weighted by Gasteiger charge is -2.29. The molecule has 1 aliphatic rings. The number of halogens is 2. The van der Waals surface area contributed by atoms with E-state index in [0.717, 1.165) is 25.7 Å². The van der Waals surface area contributed by atoms with Crippen LogP contribution in [-0.4, -0.2) is 35.1 Å². The first kappa shape index (κ1) is 22.1. The lowest BCUT2D eigenvalue weighted by molar-refractivity contribution is 0.230. The summed E-state index contributed by atoms with van der Waals surface area (Å²) in [6.07, 6.45) is 7.08. The quantitative estimate of drug-likeness (QED) is 0.517. The Labute approximate surface area is 185 Å². The van der Waals surface area contributed by atoms with Crippen LogP contribution in [0, 0.1) is 11.8 Å². The first-order valence-electron chi connectivity index (χ1n) is 9.81. The summed E-state index contributed by atoms with van der Waals surface area (Å²) in [7, 11) is 0. The van der Waals surface area contributed by atoms with E-state index in [0.29, 0.717) is 46.6 Å². The van der Waals surface area contributed by atoms with Gasteiger partial charge in [0, 0.05) is 25.5 Å². The fourth-order valence-corrected chi connectivity index (χ4v) is 3.69. The van der Waals surface area contributed by atoms with Crippen molar-refractivity contribution in [3.63, 3.8) is 0 Å². The van der Waals surface area contributed by atoms with E-state index in [1.165, 1.54) is 12.4 Å². The molecule has 0 spiro atoms. The van der Waals surface area contributed by atoms with Gasteiger partial charge in [-0.25, -0.2) is 19.6 Å². The maximum atomic E-state index is 12.1. The molecule has 10 heteroatoms. The van der Waals surface area contributed by atoms with E-state index in [4.69, 9.17) is 23.2 Å². The SMILES string of the molecule is O=C(NC[C@H]1CCC[C@H](CNC(=O)Nc2ccc(Cl)cn2)C1)Nc1ccc(Cl)cn1. The van der Waals surface area contributed by atoms with Gasteiger partial charge in [0.15, 0.2) is 0 Å². The Morgan fingerprint density at radius 1 is 0.833 bits per heavy atom. The molecule has 3 rings (SSSR count). The van der Waals surface area contributed by atoms with Crippen LogP contribution in [0.1, 0.15) is 25.7 Å². The number of amides is 4. The number of rotatable bonds is 6. The first-order chi connectivity index (χ1) is 14.5. The van der Waals surface area contributed by atoms with Crippen molar-refractivity contribution in [1.29, 1.82) is 0 Å². The van der Waals surface area contributed by atoms with Gasteiger partial charge in [-0.05, 0) is 55.4 Å². The van der Waals surface area contributed by atoms with Crippen LogP contribution in [0.25, 0.3) is 0 Å². The maximum absolute atomic E-state index is 12.1. The van der Waals surface area contributed by atoms with Crippen LogP contribution in [0.5, 0.6) is 0 Å². The van der Waals surface area contributed by atoms with Crippen molar-refractivity contribution in [3.05, 3.63) is 46.7 Å². The van der Waals surface area contributed by atoms with Gasteiger partial charge in [-0.1, -0.05) is 29.6 Å². The lowest BCUT2D eigenvalue weighted by atomic mass is 9.81. The summed E-state index contributed by atoms with van der Waals surface area (Å²) < 4.78 is 0. The third-order valence-corrected chi connectivity index (χ3v) is 5.38. The molecule has 4 N–H and O–H groups in total. The van der Waals surface area contributed by atoms with E-state index in [1.807, 2.05) is 0 Å². The molecule has 8 nitrogen and oxygen atoms in total. The Morgan fingerprint density at radius 3 is 1.70 bits per heavy atom. The van der Waals surface area contributed by atoms with E-state index in [1.54, 1.807) is 24.3 Å². The number of urea groups is 2. The number of aromatic nitrogens is 2. The van der Waals surface area contributed by atoms with Crippen molar-refractivity contribution in [2.24, 2.45) is 11.8 Å². The van der Waals surface area contributed by atoms with Gasteiger partial charge < -0.3 is 10.6 Å². The fraction of sp³-hybridized carbons (Fsp3) is 0.400. The number of pyridine rings is 2. The van der Waals surface area contributed by atoms with Gasteiger partial charge in [-0.2, -0.15) is 0 Å². The minimum Gasteiger partial charge on any atom is -0.338 e. The second-order valence-electron chi connectivity index (χ2n) is 7.29. The topological polar surface area (TPSA) is 108 Å². The summed E-state index contributed by atoms with van der Waals surface area (Å²) in [6.45, 7) is 1.16. The molecule has 160 valence electrons. The summed E-state index contributed by atoms with van der Waals surface area (Å²) >= 11 is 11.6. The van der Waals surface area contributed by atoms with Crippen LogP contribution >= 0.6 is 23.2 Å². The Kier molecular flexibility index (Phi) is 8.10. The van der Waals surface area contributed by atoms with Gasteiger partial charge in [0.05, 0.1) is 10.0 Å². The lowest BCUT2D eigenvalue weighted by Crippen LogP contribution is -2.38. The molecule has 30 heavy (non-hydrogen) atoms. The Morgan fingerprint density at radius 2 is 1.30 bits per heavy atom. The smallest absolute Gasteiger partial charge is 0.320 e. The molecule has 2 aromatic heterocycles. The molecule has 0 aromatic carbocycles. The van der Waals surface area contributed by atoms with Crippen LogP contribution in [0.15, 0.2) is 36.7 Å². The standard InChI is InChI=1S/C20H24Cl2N6O2/c21-15-4-6-17(23-11-15)27-19(29)25-9-13-2-1-3-14(8-13)10-26-20(30)28-18-7-5-16(22)12-24-18/h4-7,11-14H,1-3,8-10H2,(H2,23,25,27,29)(H2,24,26,28,30)/t13-,14-/m0/s1. The normalized spacial score (nSPS) is 18.3. The van der Waals surface area contributed by atoms with Gasteiger partial charge in [0.1, 0.15) is 11.6 Å². The third kappa shape index (κ3) is 7.35. The number of nitrogens with zero attached hydrogens (tertiary/aromatic N) is 2. The van der Waals surface area contributed by atoms with Crippen molar-refractivity contribution in [2.75, 3.05) is 23.7 Å². The molecular weight excluding hydrogens is 427 g/mol. The molecular formula is C20H24Cl2N6O2. The van der Waals surface area contributed by atoms with Crippen LogP contribution < -0.4 is 21.3 Å². The van der Waals surface area contributed by atoms with Crippen molar-refractivity contribution in [1.82, 2.24) is 20.6 Å². The zero-order valence-corrected chi connectivity index (χ0v) is 17.8. The predicted octanol–water partition coefficient (Wildman–Crippen LogP) is 4.53. The number of hydrogen-bond acceptors (Lipinski definition) is 4. The second kappa shape index (κ2) is 11.0. The fourth-order valence-electron chi connectivity index (χ4n) is 3.47. The highest BCUT2D eigenvalue weighted by Crippen LogP contribution is 2.28. The van der Waals surface area contributed by atoms with E-state index in [9.17, 15) is 9.59 Å². The monoisotopic (exact) mass is 450 g/mol. The second-order valence-corrected chi connectivity index (χ2v) is 8.16. The van der Waals surface area contributed by atoms with E-state index in [2.05, 4.69) is 31.2 Å². The maximum Gasteiger partial charge on any atom is 0.320 e. The van der Waals surface area contributed by atoms with Crippen LogP contribution in [-0.2, 0) is 0 Å². The highest BCUT2D eigenvalue weighted by atomic mass is 35.5. The van der Waals surface area contributed by atoms with E-state index >= 15 is 0 Å². The summed E-state index contributed by atoms with van der Waals surface area (Å²) in [5.74, 6) is 1.64. The molecule has 1 saturated carbocycles. The van der Waals surface area contributed by atoms with Crippen LogP contribution in [0.4, 0.5) is 21.2 Å².